The van der Waals surface area contributed by atoms with Crippen molar-refractivity contribution in [3.63, 3.8) is 0 Å². The van der Waals surface area contributed by atoms with Gasteiger partial charge in [-0.1, -0.05) is 44.0 Å². The summed E-state index contributed by atoms with van der Waals surface area (Å²) in [4.78, 5) is 24.2. The number of amides is 1. The molecule has 24 heavy (non-hydrogen) atoms. The van der Waals surface area contributed by atoms with Crippen LogP contribution in [0.1, 0.15) is 54.9 Å². The van der Waals surface area contributed by atoms with E-state index in [1.807, 2.05) is 0 Å². The first kappa shape index (κ1) is 19.5. The summed E-state index contributed by atoms with van der Waals surface area (Å²) in [6.45, 7) is 8.75. The Hall–Kier alpha value is -0.780. The fourth-order valence-electron chi connectivity index (χ4n) is 3.00. The number of nitrogens with one attached hydrogen (secondary N) is 1. The van der Waals surface area contributed by atoms with Crippen LogP contribution in [-0.4, -0.2) is 23.3 Å². The maximum Gasteiger partial charge on any atom is 0.341 e. The van der Waals surface area contributed by atoms with Gasteiger partial charge in [-0.3, -0.25) is 4.79 Å². The zero-order valence-corrected chi connectivity index (χ0v) is 16.7. The van der Waals surface area contributed by atoms with E-state index in [1.54, 1.807) is 6.92 Å². The van der Waals surface area contributed by atoms with Crippen molar-refractivity contribution >= 4 is 51.4 Å². The molecular weight excluding hydrogens is 369 g/mol. The molecule has 1 heterocycles. The highest BCUT2D eigenvalue weighted by molar-refractivity contribution is 7.17. The zero-order valence-electron chi connectivity index (χ0n) is 14.4. The van der Waals surface area contributed by atoms with Crippen LogP contribution >= 0.6 is 34.5 Å². The van der Waals surface area contributed by atoms with Crippen LogP contribution in [0.3, 0.4) is 0 Å². The lowest BCUT2D eigenvalue weighted by Crippen LogP contribution is -2.26. The highest BCUT2D eigenvalue weighted by Crippen LogP contribution is 2.44. The third-order valence-corrected chi connectivity index (χ3v) is 5.97. The van der Waals surface area contributed by atoms with Gasteiger partial charge in [0.25, 0.3) is 5.91 Å². The van der Waals surface area contributed by atoms with Gasteiger partial charge in [0.2, 0.25) is 0 Å². The number of hydrogen-bond acceptors (Lipinski definition) is 4. The monoisotopic (exact) mass is 391 g/mol. The van der Waals surface area contributed by atoms with Crippen LogP contribution in [0.15, 0.2) is 0 Å². The normalized spacial score (nSPS) is 17.5. The maximum atomic E-state index is 12.4. The minimum Gasteiger partial charge on any atom is -0.462 e. The van der Waals surface area contributed by atoms with E-state index in [0.29, 0.717) is 16.5 Å². The molecule has 1 aromatic heterocycles. The smallest absolute Gasteiger partial charge is 0.341 e. The van der Waals surface area contributed by atoms with Crippen molar-refractivity contribution in [3.05, 3.63) is 16.0 Å². The van der Waals surface area contributed by atoms with Crippen LogP contribution < -0.4 is 5.32 Å². The molecule has 2 rings (SSSR count). The molecule has 1 aliphatic carbocycles. The van der Waals surface area contributed by atoms with Gasteiger partial charge in [0.15, 0.2) is 4.84 Å². The molecule has 1 N–H and O–H groups in total. The molecule has 1 atom stereocenters. The standard InChI is InChI=1S/C17H23Cl2NO3S/c1-5-23-16(22)12-10-7-6-9(17(2,3)4)8-11(10)24-15(12)20-14(21)13(18)19/h9,13H,5-8H2,1-4H3,(H,20,21). The lowest BCUT2D eigenvalue weighted by Gasteiger charge is -2.33. The van der Waals surface area contributed by atoms with Crippen LogP contribution in [0.2, 0.25) is 0 Å². The Bertz CT molecular complexity index is 635. The van der Waals surface area contributed by atoms with E-state index < -0.39 is 16.7 Å². The van der Waals surface area contributed by atoms with Crippen LogP contribution in [0, 0.1) is 11.3 Å². The number of carbonyl (C=O) groups is 2. The number of alkyl halides is 2. The minimum atomic E-state index is -1.18. The van der Waals surface area contributed by atoms with E-state index in [0.717, 1.165) is 29.7 Å². The van der Waals surface area contributed by atoms with E-state index >= 15 is 0 Å². The number of esters is 1. The fraction of sp³-hybridized carbons (Fsp3) is 0.647. The van der Waals surface area contributed by atoms with Crippen molar-refractivity contribution in [1.82, 2.24) is 0 Å². The Morgan fingerprint density at radius 2 is 2.04 bits per heavy atom. The van der Waals surface area contributed by atoms with Gasteiger partial charge in [-0.25, -0.2) is 4.79 Å². The number of rotatable bonds is 4. The second kappa shape index (κ2) is 7.63. The molecule has 1 unspecified atom stereocenters. The summed E-state index contributed by atoms with van der Waals surface area (Å²) in [5.74, 6) is -0.397. The van der Waals surface area contributed by atoms with Crippen LogP contribution in [-0.2, 0) is 22.4 Å². The average molecular weight is 392 g/mol. The van der Waals surface area contributed by atoms with Gasteiger partial charge >= 0.3 is 5.97 Å². The molecule has 0 saturated heterocycles. The number of anilines is 1. The number of halogens is 2. The lowest BCUT2D eigenvalue weighted by molar-refractivity contribution is -0.114. The van der Waals surface area contributed by atoms with E-state index in [1.165, 1.54) is 11.3 Å². The summed E-state index contributed by atoms with van der Waals surface area (Å²) in [5.41, 5.74) is 1.66. The molecule has 1 aliphatic rings. The van der Waals surface area contributed by atoms with Gasteiger partial charge < -0.3 is 10.1 Å². The Morgan fingerprint density at radius 1 is 1.38 bits per heavy atom. The maximum absolute atomic E-state index is 12.4. The second-order valence-electron chi connectivity index (χ2n) is 7.02. The Balaban J connectivity index is 2.39. The fourth-order valence-corrected chi connectivity index (χ4v) is 4.43. The van der Waals surface area contributed by atoms with E-state index in [2.05, 4.69) is 26.1 Å². The molecule has 1 aromatic rings. The molecule has 0 bridgehead atoms. The number of carbonyl (C=O) groups excluding carboxylic acids is 2. The first-order chi connectivity index (χ1) is 11.1. The van der Waals surface area contributed by atoms with Gasteiger partial charge in [0.05, 0.1) is 12.2 Å². The van der Waals surface area contributed by atoms with Gasteiger partial charge in [-0.05, 0) is 43.1 Å². The van der Waals surface area contributed by atoms with Crippen LogP contribution in [0.4, 0.5) is 5.00 Å². The van der Waals surface area contributed by atoms with Gasteiger partial charge in [-0.15, -0.1) is 11.3 Å². The summed E-state index contributed by atoms with van der Waals surface area (Å²) in [7, 11) is 0. The quantitative estimate of drug-likeness (QED) is 0.591. The van der Waals surface area contributed by atoms with Crippen molar-refractivity contribution < 1.29 is 14.3 Å². The molecule has 0 saturated carbocycles. The largest absolute Gasteiger partial charge is 0.462 e. The molecule has 0 fully saturated rings. The summed E-state index contributed by atoms with van der Waals surface area (Å²) >= 11 is 12.7. The first-order valence-corrected chi connectivity index (χ1v) is 9.74. The Morgan fingerprint density at radius 3 is 2.58 bits per heavy atom. The van der Waals surface area contributed by atoms with E-state index in [4.69, 9.17) is 27.9 Å². The van der Waals surface area contributed by atoms with Crippen molar-refractivity contribution in [2.45, 2.75) is 51.8 Å². The summed E-state index contributed by atoms with van der Waals surface area (Å²) in [6, 6.07) is 0. The summed E-state index contributed by atoms with van der Waals surface area (Å²) in [6.07, 6.45) is 2.72. The minimum absolute atomic E-state index is 0.201. The number of thiophene rings is 1. The molecular formula is C17H23Cl2NO3S. The number of hydrogen-bond donors (Lipinski definition) is 1. The third kappa shape index (κ3) is 4.24. The van der Waals surface area contributed by atoms with Crippen molar-refractivity contribution in [1.29, 1.82) is 0 Å². The average Bonchev–Trinajstić information content (AvgIpc) is 2.83. The Labute approximate surface area is 156 Å². The number of ether oxygens (including phenoxy) is 1. The van der Waals surface area contributed by atoms with Gasteiger partial charge in [-0.2, -0.15) is 0 Å². The van der Waals surface area contributed by atoms with Crippen molar-refractivity contribution in [2.75, 3.05) is 11.9 Å². The van der Waals surface area contributed by atoms with Crippen LogP contribution in [0.5, 0.6) is 0 Å². The van der Waals surface area contributed by atoms with Crippen molar-refractivity contribution in [3.8, 4) is 0 Å². The molecule has 7 heteroatoms. The SMILES string of the molecule is CCOC(=O)c1c(NC(=O)C(Cl)Cl)sc2c1CCC(C(C)(C)C)C2. The van der Waals surface area contributed by atoms with Crippen LogP contribution in [0.25, 0.3) is 0 Å². The predicted octanol–water partition coefficient (Wildman–Crippen LogP) is 4.82. The number of fused-ring (bicyclic) bond motifs is 1. The lowest BCUT2D eigenvalue weighted by atomic mass is 9.72. The summed E-state index contributed by atoms with van der Waals surface area (Å²) in [5, 5.41) is 3.17. The van der Waals surface area contributed by atoms with Gasteiger partial charge in [0, 0.05) is 4.88 Å². The summed E-state index contributed by atoms with van der Waals surface area (Å²) < 4.78 is 5.18. The Kier molecular flexibility index (Phi) is 6.21. The topological polar surface area (TPSA) is 55.4 Å². The molecule has 4 nitrogen and oxygen atoms in total. The zero-order chi connectivity index (χ0) is 18.1. The van der Waals surface area contributed by atoms with E-state index in [9.17, 15) is 9.59 Å². The highest BCUT2D eigenvalue weighted by Gasteiger charge is 2.34. The van der Waals surface area contributed by atoms with Crippen molar-refractivity contribution in [2.24, 2.45) is 11.3 Å². The molecule has 134 valence electrons. The molecule has 0 spiro atoms. The first-order valence-electron chi connectivity index (χ1n) is 8.05. The predicted molar refractivity (Wildman–Crippen MR) is 99.4 cm³/mol. The highest BCUT2D eigenvalue weighted by atomic mass is 35.5. The molecule has 0 aromatic carbocycles. The van der Waals surface area contributed by atoms with E-state index in [-0.39, 0.29) is 12.0 Å². The second-order valence-corrected chi connectivity index (χ2v) is 9.23. The third-order valence-electron chi connectivity index (χ3n) is 4.40. The van der Waals surface area contributed by atoms with Gasteiger partial charge in [0.1, 0.15) is 5.00 Å². The molecule has 0 aliphatic heterocycles. The molecule has 1 amide bonds. The molecule has 0 radical (unpaired) electrons.